The molecule has 2 heteroatoms. The molecule has 5 aromatic rings. The van der Waals surface area contributed by atoms with Crippen LogP contribution in [0.5, 0.6) is 0 Å². The summed E-state index contributed by atoms with van der Waals surface area (Å²) in [6.07, 6.45) is 1.02. The highest BCUT2D eigenvalue weighted by Crippen LogP contribution is 2.41. The molecule has 1 aliphatic carbocycles. The second-order valence-corrected chi connectivity index (χ2v) is 8.26. The number of fused-ring (bicyclic) bond motifs is 4. The summed E-state index contributed by atoms with van der Waals surface area (Å²) in [4.78, 5) is 4.79. The van der Waals surface area contributed by atoms with Gasteiger partial charge in [0.1, 0.15) is 5.01 Å². The third-order valence-corrected chi connectivity index (χ3v) is 6.67. The fraction of sp³-hybridized carbons (Fsp3) is 0.0385. The number of rotatable bonds is 2. The largest absolute Gasteiger partial charge is 0.236 e. The Hall–Kier alpha value is -3.23. The van der Waals surface area contributed by atoms with Crippen molar-refractivity contribution in [2.24, 2.45) is 0 Å². The second kappa shape index (κ2) is 6.15. The first-order valence-corrected chi connectivity index (χ1v) is 10.3. The summed E-state index contributed by atoms with van der Waals surface area (Å²) in [5.41, 5.74) is 10.5. The van der Waals surface area contributed by atoms with E-state index < -0.39 is 0 Å². The zero-order valence-electron chi connectivity index (χ0n) is 15.2. The predicted octanol–water partition coefficient (Wildman–Crippen LogP) is 7.20. The van der Waals surface area contributed by atoms with E-state index in [-0.39, 0.29) is 0 Å². The highest BCUT2D eigenvalue weighted by atomic mass is 32.1. The lowest BCUT2D eigenvalue weighted by Gasteiger charge is -2.09. The fourth-order valence-corrected chi connectivity index (χ4v) is 5.19. The summed E-state index contributed by atoms with van der Waals surface area (Å²) >= 11 is 1.75. The van der Waals surface area contributed by atoms with E-state index in [9.17, 15) is 0 Å². The quantitative estimate of drug-likeness (QED) is 0.312. The smallest absolute Gasteiger partial charge is 0.124 e. The molecule has 0 saturated carbocycles. The van der Waals surface area contributed by atoms with Gasteiger partial charge in [0.15, 0.2) is 0 Å². The van der Waals surface area contributed by atoms with Crippen molar-refractivity contribution in [3.8, 4) is 32.8 Å². The van der Waals surface area contributed by atoms with Crippen molar-refractivity contribution in [3.63, 3.8) is 0 Å². The van der Waals surface area contributed by atoms with Crippen LogP contribution in [-0.4, -0.2) is 4.98 Å². The molecule has 0 bridgehead atoms. The van der Waals surface area contributed by atoms with E-state index in [4.69, 9.17) is 4.98 Å². The van der Waals surface area contributed by atoms with Gasteiger partial charge in [0, 0.05) is 5.56 Å². The molecule has 1 heterocycles. The van der Waals surface area contributed by atoms with Gasteiger partial charge >= 0.3 is 0 Å². The molecule has 1 aliphatic rings. The third-order valence-electron chi connectivity index (χ3n) is 5.59. The van der Waals surface area contributed by atoms with Gasteiger partial charge in [-0.2, -0.15) is 0 Å². The summed E-state index contributed by atoms with van der Waals surface area (Å²) < 4.78 is 1.24. The summed E-state index contributed by atoms with van der Waals surface area (Å²) in [7, 11) is 0. The average Bonchev–Trinajstić information content (AvgIpc) is 3.35. The normalized spacial score (nSPS) is 12.1. The molecular formula is C26H17NS. The monoisotopic (exact) mass is 375 g/mol. The third kappa shape index (κ3) is 2.42. The van der Waals surface area contributed by atoms with Gasteiger partial charge in [-0.1, -0.05) is 78.9 Å². The summed E-state index contributed by atoms with van der Waals surface area (Å²) in [6.45, 7) is 0. The van der Waals surface area contributed by atoms with E-state index in [1.165, 1.54) is 43.6 Å². The van der Waals surface area contributed by atoms with Crippen LogP contribution in [0.4, 0.5) is 0 Å². The van der Waals surface area contributed by atoms with Crippen molar-refractivity contribution >= 4 is 21.6 Å². The SMILES string of the molecule is c1ccc2c(c1)Cc1c(-c3ccc(-c4nc5ccccc5s4)cc3)cccc1-2. The molecule has 0 N–H and O–H groups in total. The van der Waals surface area contributed by atoms with Crippen LogP contribution in [0, 0.1) is 0 Å². The Labute approximate surface area is 168 Å². The van der Waals surface area contributed by atoms with E-state index in [1.54, 1.807) is 11.3 Å². The maximum absolute atomic E-state index is 4.79. The number of benzene rings is 4. The summed E-state index contributed by atoms with van der Waals surface area (Å²) in [6, 6.07) is 32.6. The maximum atomic E-state index is 4.79. The van der Waals surface area contributed by atoms with Crippen LogP contribution in [0.3, 0.4) is 0 Å². The molecular weight excluding hydrogens is 358 g/mol. The Morgan fingerprint density at radius 3 is 2.21 bits per heavy atom. The molecule has 0 radical (unpaired) electrons. The number of hydrogen-bond acceptors (Lipinski definition) is 2. The molecule has 1 nitrogen and oxygen atoms in total. The lowest BCUT2D eigenvalue weighted by molar-refractivity contribution is 1.26. The second-order valence-electron chi connectivity index (χ2n) is 7.23. The molecule has 0 spiro atoms. The highest BCUT2D eigenvalue weighted by Gasteiger charge is 2.20. The lowest BCUT2D eigenvalue weighted by atomic mass is 9.95. The van der Waals surface area contributed by atoms with Crippen molar-refractivity contribution in [2.45, 2.75) is 6.42 Å². The predicted molar refractivity (Wildman–Crippen MR) is 119 cm³/mol. The van der Waals surface area contributed by atoms with Gasteiger partial charge in [-0.05, 0) is 51.9 Å². The first kappa shape index (κ1) is 15.8. The molecule has 0 fully saturated rings. The summed E-state index contributed by atoms with van der Waals surface area (Å²) in [5, 5.41) is 1.08. The van der Waals surface area contributed by atoms with Crippen molar-refractivity contribution in [2.75, 3.05) is 0 Å². The number of para-hydroxylation sites is 1. The summed E-state index contributed by atoms with van der Waals surface area (Å²) in [5.74, 6) is 0. The zero-order chi connectivity index (χ0) is 18.5. The van der Waals surface area contributed by atoms with Crippen LogP contribution in [0.25, 0.3) is 43.0 Å². The van der Waals surface area contributed by atoms with Gasteiger partial charge in [-0.25, -0.2) is 4.98 Å². The molecule has 132 valence electrons. The van der Waals surface area contributed by atoms with Gasteiger partial charge < -0.3 is 0 Å². The molecule has 0 saturated heterocycles. The molecule has 0 amide bonds. The Balaban J connectivity index is 1.41. The van der Waals surface area contributed by atoms with Crippen LogP contribution in [0.1, 0.15) is 11.1 Å². The minimum Gasteiger partial charge on any atom is -0.236 e. The molecule has 0 atom stereocenters. The van der Waals surface area contributed by atoms with Crippen LogP contribution in [-0.2, 0) is 6.42 Å². The van der Waals surface area contributed by atoms with E-state index in [0.717, 1.165) is 16.9 Å². The maximum Gasteiger partial charge on any atom is 0.124 e. The fourth-order valence-electron chi connectivity index (χ4n) is 4.22. The van der Waals surface area contributed by atoms with Crippen molar-refractivity contribution < 1.29 is 0 Å². The molecule has 4 aromatic carbocycles. The Morgan fingerprint density at radius 1 is 0.607 bits per heavy atom. The zero-order valence-corrected chi connectivity index (χ0v) is 16.0. The number of thiazole rings is 1. The van der Waals surface area contributed by atoms with Crippen LogP contribution < -0.4 is 0 Å². The van der Waals surface area contributed by atoms with Gasteiger partial charge in [0.25, 0.3) is 0 Å². The van der Waals surface area contributed by atoms with Gasteiger partial charge in [-0.15, -0.1) is 11.3 Å². The van der Waals surface area contributed by atoms with E-state index in [2.05, 4.69) is 84.9 Å². The lowest BCUT2D eigenvalue weighted by Crippen LogP contribution is -1.88. The Bertz CT molecular complexity index is 1300. The molecule has 28 heavy (non-hydrogen) atoms. The van der Waals surface area contributed by atoms with Gasteiger partial charge in [-0.3, -0.25) is 0 Å². The van der Waals surface area contributed by atoms with E-state index in [0.29, 0.717) is 0 Å². The Kier molecular flexibility index (Phi) is 3.47. The molecule has 1 aromatic heterocycles. The molecule has 6 rings (SSSR count). The van der Waals surface area contributed by atoms with Crippen LogP contribution >= 0.6 is 11.3 Å². The van der Waals surface area contributed by atoms with Crippen molar-refractivity contribution in [1.29, 1.82) is 0 Å². The topological polar surface area (TPSA) is 12.9 Å². The van der Waals surface area contributed by atoms with Crippen LogP contribution in [0.15, 0.2) is 91.0 Å². The molecule has 0 aliphatic heterocycles. The van der Waals surface area contributed by atoms with Crippen LogP contribution in [0.2, 0.25) is 0 Å². The first-order valence-electron chi connectivity index (χ1n) is 9.53. The number of nitrogens with zero attached hydrogens (tertiary/aromatic N) is 1. The first-order chi connectivity index (χ1) is 13.9. The highest BCUT2D eigenvalue weighted by molar-refractivity contribution is 7.21. The number of hydrogen-bond donors (Lipinski definition) is 0. The van der Waals surface area contributed by atoms with Gasteiger partial charge in [0.05, 0.1) is 10.2 Å². The minimum atomic E-state index is 1.02. The van der Waals surface area contributed by atoms with Gasteiger partial charge in [0.2, 0.25) is 0 Å². The standard InChI is InChI=1S/C26H17NS/c1-2-7-21-19(6-1)16-23-20(8-5-9-22(21)23)17-12-14-18(15-13-17)26-27-24-10-3-4-11-25(24)28-26/h1-15H,16H2. The van der Waals surface area contributed by atoms with E-state index >= 15 is 0 Å². The molecule has 0 unspecified atom stereocenters. The Morgan fingerprint density at radius 2 is 1.32 bits per heavy atom. The van der Waals surface area contributed by atoms with E-state index in [1.807, 2.05) is 6.07 Å². The minimum absolute atomic E-state index is 1.02. The average molecular weight is 375 g/mol. The van der Waals surface area contributed by atoms with Crippen molar-refractivity contribution in [3.05, 3.63) is 102 Å². The van der Waals surface area contributed by atoms with Crippen molar-refractivity contribution in [1.82, 2.24) is 4.98 Å². The number of aromatic nitrogens is 1.